The van der Waals surface area contributed by atoms with Gasteiger partial charge in [-0.3, -0.25) is 9.59 Å². The molecule has 1 aromatic rings. The SMILES string of the molecule is CN(C)CCN(CC(=O)O)C(=O)[C@@H]1C[C@@H]1c1ccccc1Cl. The maximum Gasteiger partial charge on any atom is 0.323 e. The molecule has 1 aromatic carbocycles. The normalized spacial score (nSPS) is 20.0. The van der Waals surface area contributed by atoms with Crippen LogP contribution in [0, 0.1) is 5.92 Å². The molecule has 0 heterocycles. The molecule has 1 aliphatic rings. The van der Waals surface area contributed by atoms with E-state index in [1.165, 1.54) is 4.90 Å². The number of aliphatic carboxylic acids is 1. The summed E-state index contributed by atoms with van der Waals surface area (Å²) >= 11 is 6.17. The van der Waals surface area contributed by atoms with Crippen LogP contribution in [-0.2, 0) is 9.59 Å². The molecule has 0 spiro atoms. The van der Waals surface area contributed by atoms with Crippen molar-refractivity contribution in [2.45, 2.75) is 12.3 Å². The van der Waals surface area contributed by atoms with Crippen LogP contribution in [0.4, 0.5) is 0 Å². The number of rotatable bonds is 7. The van der Waals surface area contributed by atoms with Gasteiger partial charge in [-0.05, 0) is 38.1 Å². The molecule has 120 valence electrons. The Bertz CT molecular complexity index is 562. The molecule has 5 nitrogen and oxygen atoms in total. The topological polar surface area (TPSA) is 60.9 Å². The van der Waals surface area contributed by atoms with Gasteiger partial charge >= 0.3 is 5.97 Å². The predicted octanol–water partition coefficient (Wildman–Crippen LogP) is 1.92. The average molecular weight is 325 g/mol. The van der Waals surface area contributed by atoms with E-state index >= 15 is 0 Å². The van der Waals surface area contributed by atoms with E-state index in [1.807, 2.05) is 43.3 Å². The quantitative estimate of drug-likeness (QED) is 0.832. The zero-order valence-electron chi connectivity index (χ0n) is 12.8. The van der Waals surface area contributed by atoms with Crippen LogP contribution in [0.2, 0.25) is 5.02 Å². The van der Waals surface area contributed by atoms with E-state index in [4.69, 9.17) is 16.7 Å². The van der Waals surface area contributed by atoms with Crippen molar-refractivity contribution in [1.29, 1.82) is 0 Å². The zero-order chi connectivity index (χ0) is 16.3. The molecule has 0 aromatic heterocycles. The molecule has 0 saturated heterocycles. The van der Waals surface area contributed by atoms with E-state index < -0.39 is 5.97 Å². The summed E-state index contributed by atoms with van der Waals surface area (Å²) in [4.78, 5) is 26.9. The van der Waals surface area contributed by atoms with Gasteiger partial charge in [0.05, 0.1) is 0 Å². The smallest absolute Gasteiger partial charge is 0.323 e. The maximum atomic E-state index is 12.5. The fourth-order valence-electron chi connectivity index (χ4n) is 2.57. The first kappa shape index (κ1) is 16.8. The Labute approximate surface area is 135 Å². The monoisotopic (exact) mass is 324 g/mol. The van der Waals surface area contributed by atoms with E-state index in [1.54, 1.807) is 0 Å². The number of hydrogen-bond donors (Lipinski definition) is 1. The second kappa shape index (κ2) is 7.11. The third kappa shape index (κ3) is 4.21. The van der Waals surface area contributed by atoms with Crippen molar-refractivity contribution in [3.63, 3.8) is 0 Å². The number of amides is 1. The summed E-state index contributed by atoms with van der Waals surface area (Å²) in [5.41, 5.74) is 0.977. The highest BCUT2D eigenvalue weighted by atomic mass is 35.5. The van der Waals surface area contributed by atoms with E-state index in [0.29, 0.717) is 18.1 Å². The summed E-state index contributed by atoms with van der Waals surface area (Å²) in [6.45, 7) is 0.810. The molecular formula is C16H21ClN2O3. The lowest BCUT2D eigenvalue weighted by Gasteiger charge is -2.23. The summed E-state index contributed by atoms with van der Waals surface area (Å²) in [5, 5.41) is 9.67. The summed E-state index contributed by atoms with van der Waals surface area (Å²) < 4.78 is 0. The first-order valence-electron chi connectivity index (χ1n) is 7.30. The Kier molecular flexibility index (Phi) is 5.42. The Balaban J connectivity index is 2.02. The number of nitrogens with zero attached hydrogens (tertiary/aromatic N) is 2. The van der Waals surface area contributed by atoms with Gasteiger partial charge in [-0.15, -0.1) is 0 Å². The third-order valence-corrected chi connectivity index (χ3v) is 4.21. The lowest BCUT2D eigenvalue weighted by molar-refractivity contribution is -0.145. The molecule has 1 N–H and O–H groups in total. The number of hydrogen-bond acceptors (Lipinski definition) is 3. The molecule has 0 radical (unpaired) electrons. The molecule has 0 unspecified atom stereocenters. The number of carbonyl (C=O) groups excluding carboxylic acids is 1. The number of likely N-dealkylation sites (N-methyl/N-ethyl adjacent to an activating group) is 1. The molecule has 2 atom stereocenters. The molecule has 1 aliphatic carbocycles. The van der Waals surface area contributed by atoms with Crippen LogP contribution in [0.25, 0.3) is 0 Å². The number of carboxylic acid groups (broad SMARTS) is 1. The minimum Gasteiger partial charge on any atom is -0.480 e. The largest absolute Gasteiger partial charge is 0.480 e. The number of carbonyl (C=O) groups is 2. The number of carboxylic acids is 1. The second-order valence-corrected chi connectivity index (χ2v) is 6.33. The third-order valence-electron chi connectivity index (χ3n) is 3.87. The van der Waals surface area contributed by atoms with Crippen LogP contribution in [0.1, 0.15) is 17.9 Å². The minimum atomic E-state index is -0.984. The molecular weight excluding hydrogens is 304 g/mol. The van der Waals surface area contributed by atoms with Gasteiger partial charge < -0.3 is 14.9 Å². The van der Waals surface area contributed by atoms with Crippen molar-refractivity contribution in [3.8, 4) is 0 Å². The van der Waals surface area contributed by atoms with Crippen LogP contribution < -0.4 is 0 Å². The summed E-state index contributed by atoms with van der Waals surface area (Å²) in [5.74, 6) is -1.12. The lowest BCUT2D eigenvalue weighted by atomic mass is 10.1. The Morgan fingerprint density at radius 1 is 1.27 bits per heavy atom. The number of benzene rings is 1. The molecule has 1 saturated carbocycles. The highest BCUT2D eigenvalue weighted by Crippen LogP contribution is 2.50. The van der Waals surface area contributed by atoms with Gasteiger partial charge in [0.1, 0.15) is 6.54 Å². The van der Waals surface area contributed by atoms with Crippen molar-refractivity contribution in [2.75, 3.05) is 33.7 Å². The van der Waals surface area contributed by atoms with Gasteiger partial charge in [0.25, 0.3) is 0 Å². The summed E-state index contributed by atoms with van der Waals surface area (Å²) in [7, 11) is 3.79. The van der Waals surface area contributed by atoms with E-state index in [2.05, 4.69) is 0 Å². The first-order valence-corrected chi connectivity index (χ1v) is 7.67. The fraction of sp³-hybridized carbons (Fsp3) is 0.500. The summed E-state index contributed by atoms with van der Waals surface area (Å²) in [6.07, 6.45) is 0.737. The Morgan fingerprint density at radius 3 is 2.55 bits per heavy atom. The van der Waals surface area contributed by atoms with Crippen LogP contribution in [0.3, 0.4) is 0 Å². The molecule has 1 amide bonds. The zero-order valence-corrected chi connectivity index (χ0v) is 13.6. The first-order chi connectivity index (χ1) is 10.4. The van der Waals surface area contributed by atoms with Gasteiger partial charge in [-0.1, -0.05) is 29.8 Å². The van der Waals surface area contributed by atoms with Gasteiger partial charge in [0.15, 0.2) is 0 Å². The van der Waals surface area contributed by atoms with E-state index in [0.717, 1.165) is 12.0 Å². The molecule has 0 aliphatic heterocycles. The minimum absolute atomic E-state index is 0.0887. The highest BCUT2D eigenvalue weighted by molar-refractivity contribution is 6.31. The van der Waals surface area contributed by atoms with Gasteiger partial charge in [-0.25, -0.2) is 0 Å². The average Bonchev–Trinajstić information content (AvgIpc) is 3.23. The van der Waals surface area contributed by atoms with Crippen molar-refractivity contribution in [3.05, 3.63) is 34.9 Å². The van der Waals surface area contributed by atoms with Gasteiger partial charge in [0.2, 0.25) is 5.91 Å². The fourth-order valence-corrected chi connectivity index (χ4v) is 2.85. The predicted molar refractivity (Wildman–Crippen MR) is 85.1 cm³/mol. The highest BCUT2D eigenvalue weighted by Gasteiger charge is 2.46. The molecule has 0 bridgehead atoms. The van der Waals surface area contributed by atoms with Crippen molar-refractivity contribution in [2.24, 2.45) is 5.92 Å². The molecule has 2 rings (SSSR count). The van der Waals surface area contributed by atoms with E-state index in [-0.39, 0.29) is 24.3 Å². The Hall–Kier alpha value is -1.59. The second-order valence-electron chi connectivity index (χ2n) is 5.93. The van der Waals surface area contributed by atoms with Crippen molar-refractivity contribution >= 4 is 23.5 Å². The van der Waals surface area contributed by atoms with Gasteiger partial charge in [-0.2, -0.15) is 0 Å². The van der Waals surface area contributed by atoms with Crippen LogP contribution >= 0.6 is 11.6 Å². The maximum absolute atomic E-state index is 12.5. The van der Waals surface area contributed by atoms with Gasteiger partial charge in [0, 0.05) is 24.0 Å². The van der Waals surface area contributed by atoms with Crippen molar-refractivity contribution < 1.29 is 14.7 Å². The van der Waals surface area contributed by atoms with Crippen LogP contribution in [0.5, 0.6) is 0 Å². The Morgan fingerprint density at radius 2 is 1.95 bits per heavy atom. The lowest BCUT2D eigenvalue weighted by Crippen LogP contribution is -2.41. The van der Waals surface area contributed by atoms with Crippen molar-refractivity contribution in [1.82, 2.24) is 9.80 Å². The van der Waals surface area contributed by atoms with Crippen LogP contribution in [0.15, 0.2) is 24.3 Å². The molecule has 6 heteroatoms. The molecule has 1 fully saturated rings. The van der Waals surface area contributed by atoms with E-state index in [9.17, 15) is 9.59 Å². The summed E-state index contributed by atoms with van der Waals surface area (Å²) in [6, 6.07) is 7.51. The molecule has 22 heavy (non-hydrogen) atoms. The van der Waals surface area contributed by atoms with Crippen LogP contribution in [-0.4, -0.2) is 60.5 Å². The standard InChI is InChI=1S/C16H21ClN2O3/c1-18(2)7-8-19(10-15(20)21)16(22)13-9-12(13)11-5-3-4-6-14(11)17/h3-6,12-13H,7-10H2,1-2H3,(H,20,21)/t12-,13-/m1/s1. The number of halogens is 1.